The highest BCUT2D eigenvalue weighted by atomic mass is 35.5. The van der Waals surface area contributed by atoms with Crippen molar-refractivity contribution in [1.82, 2.24) is 15.0 Å². The van der Waals surface area contributed by atoms with Gasteiger partial charge in [0.2, 0.25) is 0 Å². The van der Waals surface area contributed by atoms with E-state index in [0.717, 1.165) is 86.4 Å². The van der Waals surface area contributed by atoms with Crippen molar-refractivity contribution in [2.45, 2.75) is 29.2 Å². The highest BCUT2D eigenvalue weighted by molar-refractivity contribution is 7.99. The molecule has 0 radical (unpaired) electrons. The summed E-state index contributed by atoms with van der Waals surface area (Å²) in [7, 11) is -4.07. The van der Waals surface area contributed by atoms with Crippen molar-refractivity contribution in [1.29, 1.82) is 0 Å². The van der Waals surface area contributed by atoms with Crippen LogP contribution in [0.15, 0.2) is 130 Å². The molecule has 2 aliphatic rings. The molecule has 0 saturated carbocycles. The van der Waals surface area contributed by atoms with Crippen LogP contribution < -0.4 is 15.1 Å². The number of nitrogens with zero attached hydrogens (tertiary/aromatic N) is 4. The first-order valence-electron chi connectivity index (χ1n) is 20.1. The standard InChI is InChI=1S/C45H49ClN6O4S3/c46-37-13-10-34(11-14-37)41-9-5-4-6-36(41)31-51-20-22-52(23-21-51)38-15-17-42-44(29-38)56-48-45(42)49-59(54,55)40-16-12-35(43(30-40)47-53)28-33(18-19-50-24-26-57-27-25-50)32-58-39-7-2-1-3-8-39/h1-17,29-30,33,47,53H,18-28,31-32H2,(H,48,49)/t33-/m0/s1. The van der Waals surface area contributed by atoms with E-state index in [4.69, 9.17) is 16.1 Å². The maximum Gasteiger partial charge on any atom is 0.263 e. The first kappa shape index (κ1) is 41.5. The largest absolute Gasteiger partial charge is 0.369 e. The van der Waals surface area contributed by atoms with Crippen molar-refractivity contribution in [2.24, 2.45) is 5.92 Å². The Kier molecular flexibility index (Phi) is 13.7. The molecule has 0 bridgehead atoms. The molecule has 10 nitrogen and oxygen atoms in total. The third-order valence-electron chi connectivity index (χ3n) is 11.2. The maximum atomic E-state index is 13.7. The number of rotatable bonds is 16. The van der Waals surface area contributed by atoms with Crippen molar-refractivity contribution in [3.05, 3.63) is 131 Å². The molecule has 308 valence electrons. The third-order valence-corrected chi connectivity index (χ3v) is 15.0. The summed E-state index contributed by atoms with van der Waals surface area (Å²) in [5.41, 5.74) is 8.66. The second-order valence-electron chi connectivity index (χ2n) is 15.1. The van der Waals surface area contributed by atoms with Gasteiger partial charge in [-0.3, -0.25) is 20.3 Å². The number of benzene rings is 5. The number of aromatic nitrogens is 1. The van der Waals surface area contributed by atoms with Crippen molar-refractivity contribution < 1.29 is 18.1 Å². The van der Waals surface area contributed by atoms with Gasteiger partial charge < -0.3 is 14.3 Å². The second kappa shape index (κ2) is 19.4. The molecule has 6 aromatic rings. The number of hydrogen-bond donors (Lipinski definition) is 3. The van der Waals surface area contributed by atoms with E-state index in [1.54, 1.807) is 12.1 Å². The lowest BCUT2D eigenvalue weighted by molar-refractivity contribution is 0.250. The van der Waals surface area contributed by atoms with E-state index in [1.165, 1.54) is 33.6 Å². The van der Waals surface area contributed by atoms with Gasteiger partial charge in [0.1, 0.15) is 0 Å². The van der Waals surface area contributed by atoms with Gasteiger partial charge >= 0.3 is 0 Å². The molecule has 8 rings (SSSR count). The van der Waals surface area contributed by atoms with Crippen molar-refractivity contribution in [3.8, 4) is 11.1 Å². The van der Waals surface area contributed by atoms with Gasteiger partial charge in [-0.2, -0.15) is 11.8 Å². The minimum Gasteiger partial charge on any atom is -0.369 e. The normalized spacial score (nSPS) is 16.0. The molecular weight excluding hydrogens is 820 g/mol. The Bertz CT molecular complexity index is 2420. The van der Waals surface area contributed by atoms with Crippen LogP contribution in [-0.2, 0) is 23.0 Å². The Morgan fingerprint density at radius 3 is 2.37 bits per heavy atom. The number of piperazine rings is 1. The molecule has 3 N–H and O–H groups in total. The number of sulfonamides is 1. The predicted molar refractivity (Wildman–Crippen MR) is 244 cm³/mol. The fraction of sp³-hybridized carbons (Fsp3) is 0.311. The Hall–Kier alpha value is -4.21. The quantitative estimate of drug-likeness (QED) is 0.0639. The van der Waals surface area contributed by atoms with E-state index in [1.807, 2.05) is 59.9 Å². The Morgan fingerprint density at radius 1 is 0.831 bits per heavy atom. The number of anilines is 3. The Labute approximate surface area is 360 Å². The number of fused-ring (bicyclic) bond motifs is 1. The van der Waals surface area contributed by atoms with E-state index in [0.29, 0.717) is 29.0 Å². The van der Waals surface area contributed by atoms with Crippen LogP contribution in [0.2, 0.25) is 5.02 Å². The van der Waals surface area contributed by atoms with Crippen LogP contribution in [0.4, 0.5) is 17.2 Å². The van der Waals surface area contributed by atoms with Gasteiger partial charge in [-0.15, -0.1) is 11.8 Å². The van der Waals surface area contributed by atoms with Crippen LogP contribution in [0.1, 0.15) is 17.5 Å². The molecule has 59 heavy (non-hydrogen) atoms. The van der Waals surface area contributed by atoms with E-state index < -0.39 is 10.0 Å². The van der Waals surface area contributed by atoms with Gasteiger partial charge in [-0.05, 0) is 96.1 Å². The molecule has 1 aromatic heterocycles. The zero-order valence-electron chi connectivity index (χ0n) is 32.8. The van der Waals surface area contributed by atoms with Gasteiger partial charge in [0, 0.05) is 84.7 Å². The van der Waals surface area contributed by atoms with E-state index >= 15 is 0 Å². The molecule has 1 atom stereocenters. The topological polar surface area (TPSA) is 114 Å². The van der Waals surface area contributed by atoms with Crippen molar-refractivity contribution in [2.75, 3.05) is 78.2 Å². The van der Waals surface area contributed by atoms with E-state index in [9.17, 15) is 13.6 Å². The van der Waals surface area contributed by atoms with Crippen LogP contribution >= 0.6 is 35.1 Å². The number of nitrogens with one attached hydrogen (secondary N) is 2. The van der Waals surface area contributed by atoms with Crippen LogP contribution in [0.5, 0.6) is 0 Å². The molecule has 2 aliphatic heterocycles. The molecule has 2 fully saturated rings. The summed E-state index contributed by atoms with van der Waals surface area (Å²) in [5.74, 6) is 3.68. The van der Waals surface area contributed by atoms with Crippen LogP contribution in [0.25, 0.3) is 22.1 Å². The van der Waals surface area contributed by atoms with Gasteiger partial charge in [0.25, 0.3) is 10.0 Å². The molecule has 0 spiro atoms. The predicted octanol–water partition coefficient (Wildman–Crippen LogP) is 9.46. The average molecular weight is 870 g/mol. The average Bonchev–Trinajstić information content (AvgIpc) is 3.67. The lowest BCUT2D eigenvalue weighted by atomic mass is 9.96. The fourth-order valence-electron chi connectivity index (χ4n) is 7.84. The molecule has 2 saturated heterocycles. The zero-order valence-corrected chi connectivity index (χ0v) is 36.0. The minimum atomic E-state index is -4.07. The summed E-state index contributed by atoms with van der Waals surface area (Å²) in [6.45, 7) is 7.54. The number of thioether (sulfide) groups is 2. The molecule has 0 unspecified atom stereocenters. The van der Waals surface area contributed by atoms with Crippen LogP contribution in [0, 0.1) is 5.92 Å². The summed E-state index contributed by atoms with van der Waals surface area (Å²) in [5, 5.41) is 15.6. The molecule has 3 heterocycles. The highest BCUT2D eigenvalue weighted by Crippen LogP contribution is 2.33. The molecule has 5 aromatic carbocycles. The molecule has 0 aliphatic carbocycles. The third kappa shape index (κ3) is 10.6. The fourth-order valence-corrected chi connectivity index (χ4v) is 11.0. The molecule has 14 heteroatoms. The summed E-state index contributed by atoms with van der Waals surface area (Å²) in [4.78, 5) is 8.55. The molecule has 0 amide bonds. The second-order valence-corrected chi connectivity index (χ2v) is 19.5. The summed E-state index contributed by atoms with van der Waals surface area (Å²) < 4.78 is 35.8. The lowest BCUT2D eigenvalue weighted by Gasteiger charge is -2.36. The van der Waals surface area contributed by atoms with Crippen LogP contribution in [-0.4, -0.2) is 91.7 Å². The van der Waals surface area contributed by atoms with Gasteiger partial charge in [-0.25, -0.2) is 8.42 Å². The van der Waals surface area contributed by atoms with E-state index in [2.05, 4.69) is 90.7 Å². The number of hydrogen-bond acceptors (Lipinski definition) is 11. The van der Waals surface area contributed by atoms with E-state index in [-0.39, 0.29) is 10.7 Å². The smallest absolute Gasteiger partial charge is 0.263 e. The van der Waals surface area contributed by atoms with Crippen molar-refractivity contribution in [3.63, 3.8) is 0 Å². The Morgan fingerprint density at radius 2 is 1.59 bits per heavy atom. The monoisotopic (exact) mass is 868 g/mol. The summed E-state index contributed by atoms with van der Waals surface area (Å²) in [6.07, 6.45) is 1.71. The molecular formula is C45H49ClN6O4S3. The SMILES string of the molecule is O=S(=O)(Nc1noc2cc(N3CCN(Cc4ccccc4-c4ccc(Cl)cc4)CC3)ccc12)c1ccc(C[C@H](CCN2CCSCC2)CSc2ccccc2)c(NO)c1. The van der Waals surface area contributed by atoms with Crippen molar-refractivity contribution >= 4 is 73.3 Å². The minimum absolute atomic E-state index is 0.0141. The van der Waals surface area contributed by atoms with Gasteiger partial charge in [-0.1, -0.05) is 77.4 Å². The Balaban J connectivity index is 0.902. The van der Waals surface area contributed by atoms with Gasteiger partial charge in [0.05, 0.1) is 16.0 Å². The first-order valence-corrected chi connectivity index (χ1v) is 24.1. The first-order chi connectivity index (χ1) is 28.8. The van der Waals surface area contributed by atoms with Crippen LogP contribution in [0.3, 0.4) is 0 Å². The maximum absolute atomic E-state index is 13.7. The van der Waals surface area contributed by atoms with Gasteiger partial charge in [0.15, 0.2) is 11.4 Å². The highest BCUT2D eigenvalue weighted by Gasteiger charge is 2.24. The summed E-state index contributed by atoms with van der Waals surface area (Å²) in [6, 6.07) is 37.5. The zero-order chi connectivity index (χ0) is 40.6. The summed E-state index contributed by atoms with van der Waals surface area (Å²) >= 11 is 9.99. The lowest BCUT2D eigenvalue weighted by Crippen LogP contribution is -2.46. The number of halogens is 1.